The van der Waals surface area contributed by atoms with E-state index in [0.717, 1.165) is 6.42 Å². The SMILES string of the molecule is COc1cccc(C(=O)N2CC(Cc3ccccc3)OCC2(C)C)c1. The van der Waals surface area contributed by atoms with Gasteiger partial charge in [0, 0.05) is 18.5 Å². The molecule has 0 bridgehead atoms. The summed E-state index contributed by atoms with van der Waals surface area (Å²) in [6.07, 6.45) is 0.809. The molecule has 1 saturated heterocycles. The van der Waals surface area contributed by atoms with Gasteiger partial charge in [-0.2, -0.15) is 0 Å². The fraction of sp³-hybridized carbons (Fsp3) is 0.381. The molecule has 1 aliphatic heterocycles. The maximum absolute atomic E-state index is 13.1. The van der Waals surface area contributed by atoms with E-state index >= 15 is 0 Å². The fourth-order valence-corrected chi connectivity index (χ4v) is 3.17. The Morgan fingerprint density at radius 2 is 1.96 bits per heavy atom. The van der Waals surface area contributed by atoms with Crippen molar-refractivity contribution in [3.05, 3.63) is 65.7 Å². The number of carbonyl (C=O) groups excluding carboxylic acids is 1. The highest BCUT2D eigenvalue weighted by Crippen LogP contribution is 2.26. The summed E-state index contributed by atoms with van der Waals surface area (Å²) in [7, 11) is 1.61. The van der Waals surface area contributed by atoms with Gasteiger partial charge in [-0.25, -0.2) is 0 Å². The van der Waals surface area contributed by atoms with Crippen LogP contribution in [-0.4, -0.2) is 42.7 Å². The van der Waals surface area contributed by atoms with E-state index in [-0.39, 0.29) is 17.6 Å². The predicted octanol–water partition coefficient (Wildman–Crippen LogP) is 3.56. The van der Waals surface area contributed by atoms with Gasteiger partial charge in [0.15, 0.2) is 0 Å². The Morgan fingerprint density at radius 1 is 1.20 bits per heavy atom. The molecular weight excluding hydrogens is 314 g/mol. The van der Waals surface area contributed by atoms with Gasteiger partial charge in [-0.3, -0.25) is 4.79 Å². The van der Waals surface area contributed by atoms with Gasteiger partial charge in [0.2, 0.25) is 0 Å². The molecule has 1 fully saturated rings. The van der Waals surface area contributed by atoms with Gasteiger partial charge in [0.1, 0.15) is 5.75 Å². The zero-order valence-electron chi connectivity index (χ0n) is 15.1. The van der Waals surface area contributed by atoms with E-state index < -0.39 is 0 Å². The van der Waals surface area contributed by atoms with Crippen LogP contribution in [0.1, 0.15) is 29.8 Å². The Labute approximate surface area is 149 Å². The van der Waals surface area contributed by atoms with Gasteiger partial charge in [-0.15, -0.1) is 0 Å². The normalized spacial score (nSPS) is 19.5. The highest BCUT2D eigenvalue weighted by molar-refractivity contribution is 5.95. The number of hydrogen-bond donors (Lipinski definition) is 0. The summed E-state index contributed by atoms with van der Waals surface area (Å²) in [6, 6.07) is 17.6. The van der Waals surface area contributed by atoms with E-state index in [0.29, 0.717) is 24.5 Å². The van der Waals surface area contributed by atoms with Crippen LogP contribution in [0.25, 0.3) is 0 Å². The fourth-order valence-electron chi connectivity index (χ4n) is 3.17. The van der Waals surface area contributed by atoms with Crippen molar-refractivity contribution >= 4 is 5.91 Å². The summed E-state index contributed by atoms with van der Waals surface area (Å²) in [5.41, 5.74) is 1.53. The van der Waals surface area contributed by atoms with Crippen LogP contribution in [0, 0.1) is 0 Å². The van der Waals surface area contributed by atoms with Crippen LogP contribution >= 0.6 is 0 Å². The van der Waals surface area contributed by atoms with Gasteiger partial charge in [-0.1, -0.05) is 36.4 Å². The van der Waals surface area contributed by atoms with Crippen LogP contribution in [0.5, 0.6) is 5.75 Å². The molecule has 132 valence electrons. The topological polar surface area (TPSA) is 38.8 Å². The quantitative estimate of drug-likeness (QED) is 0.855. The molecule has 1 atom stereocenters. The van der Waals surface area contributed by atoms with Crippen molar-refractivity contribution in [2.75, 3.05) is 20.3 Å². The van der Waals surface area contributed by atoms with Crippen molar-refractivity contribution in [3.63, 3.8) is 0 Å². The minimum atomic E-state index is -0.340. The molecule has 0 spiro atoms. The molecule has 1 unspecified atom stereocenters. The summed E-state index contributed by atoms with van der Waals surface area (Å²) in [6.45, 7) is 5.20. The van der Waals surface area contributed by atoms with Crippen molar-refractivity contribution in [2.45, 2.75) is 31.9 Å². The molecule has 3 rings (SSSR count). The number of morpholine rings is 1. The molecule has 2 aromatic rings. The summed E-state index contributed by atoms with van der Waals surface area (Å²) in [5, 5.41) is 0. The molecule has 1 heterocycles. The predicted molar refractivity (Wildman–Crippen MR) is 98.0 cm³/mol. The maximum Gasteiger partial charge on any atom is 0.254 e. The molecule has 4 heteroatoms. The minimum Gasteiger partial charge on any atom is -0.497 e. The van der Waals surface area contributed by atoms with E-state index in [9.17, 15) is 4.79 Å². The highest BCUT2D eigenvalue weighted by Gasteiger charge is 2.38. The number of ether oxygens (including phenoxy) is 2. The third-order valence-electron chi connectivity index (χ3n) is 4.66. The lowest BCUT2D eigenvalue weighted by Crippen LogP contribution is -2.58. The van der Waals surface area contributed by atoms with Crippen LogP contribution in [-0.2, 0) is 11.2 Å². The first-order valence-corrected chi connectivity index (χ1v) is 8.61. The van der Waals surface area contributed by atoms with Crippen LogP contribution in [0.2, 0.25) is 0 Å². The van der Waals surface area contributed by atoms with E-state index in [1.54, 1.807) is 13.2 Å². The Kier molecular flexibility index (Phi) is 5.09. The van der Waals surface area contributed by atoms with Crippen LogP contribution in [0.15, 0.2) is 54.6 Å². The number of hydrogen-bond acceptors (Lipinski definition) is 3. The summed E-state index contributed by atoms with van der Waals surface area (Å²) >= 11 is 0. The lowest BCUT2D eigenvalue weighted by Gasteiger charge is -2.45. The van der Waals surface area contributed by atoms with Gasteiger partial charge in [-0.05, 0) is 37.6 Å². The maximum atomic E-state index is 13.1. The highest BCUT2D eigenvalue weighted by atomic mass is 16.5. The van der Waals surface area contributed by atoms with Crippen molar-refractivity contribution in [3.8, 4) is 5.75 Å². The molecule has 2 aromatic carbocycles. The Hall–Kier alpha value is -2.33. The molecule has 0 saturated carbocycles. The molecule has 1 aliphatic rings. The average Bonchev–Trinajstić information content (AvgIpc) is 2.63. The van der Waals surface area contributed by atoms with Crippen LogP contribution in [0.4, 0.5) is 0 Å². The molecule has 4 nitrogen and oxygen atoms in total. The van der Waals surface area contributed by atoms with Crippen LogP contribution < -0.4 is 4.74 Å². The molecular formula is C21H25NO3. The van der Waals surface area contributed by atoms with Crippen molar-refractivity contribution < 1.29 is 14.3 Å². The third-order valence-corrected chi connectivity index (χ3v) is 4.66. The standard InChI is InChI=1S/C21H25NO3/c1-21(2)15-25-19(12-16-8-5-4-6-9-16)14-22(21)20(23)17-10-7-11-18(13-17)24-3/h4-11,13,19H,12,14-15H2,1-3H3. The first-order chi connectivity index (χ1) is 12.0. The van der Waals surface area contributed by atoms with Gasteiger partial charge in [0.25, 0.3) is 5.91 Å². The average molecular weight is 339 g/mol. The van der Waals surface area contributed by atoms with Crippen molar-refractivity contribution in [1.82, 2.24) is 4.90 Å². The number of amides is 1. The van der Waals surface area contributed by atoms with E-state index in [1.807, 2.05) is 55.1 Å². The van der Waals surface area contributed by atoms with Crippen molar-refractivity contribution in [1.29, 1.82) is 0 Å². The van der Waals surface area contributed by atoms with Crippen molar-refractivity contribution in [2.24, 2.45) is 0 Å². The van der Waals surface area contributed by atoms with Gasteiger partial charge >= 0.3 is 0 Å². The number of carbonyl (C=O) groups is 1. The molecule has 25 heavy (non-hydrogen) atoms. The molecule has 0 aromatic heterocycles. The van der Waals surface area contributed by atoms with Crippen LogP contribution in [0.3, 0.4) is 0 Å². The second-order valence-electron chi connectivity index (χ2n) is 7.08. The smallest absolute Gasteiger partial charge is 0.254 e. The lowest BCUT2D eigenvalue weighted by atomic mass is 9.97. The second kappa shape index (κ2) is 7.28. The minimum absolute atomic E-state index is 0.00461. The zero-order valence-corrected chi connectivity index (χ0v) is 15.1. The van der Waals surface area contributed by atoms with E-state index in [2.05, 4.69) is 12.1 Å². The number of benzene rings is 2. The Bertz CT molecular complexity index is 727. The summed E-state index contributed by atoms with van der Waals surface area (Å²) < 4.78 is 11.3. The zero-order chi connectivity index (χ0) is 17.9. The first kappa shape index (κ1) is 17.5. The summed E-state index contributed by atoms with van der Waals surface area (Å²) in [4.78, 5) is 15.0. The number of methoxy groups -OCH3 is 1. The lowest BCUT2D eigenvalue weighted by molar-refractivity contribution is -0.0821. The van der Waals surface area contributed by atoms with E-state index in [1.165, 1.54) is 5.56 Å². The molecule has 0 radical (unpaired) electrons. The molecule has 1 amide bonds. The number of rotatable bonds is 4. The largest absolute Gasteiger partial charge is 0.497 e. The monoisotopic (exact) mass is 339 g/mol. The molecule has 0 N–H and O–H groups in total. The Morgan fingerprint density at radius 3 is 2.68 bits per heavy atom. The number of nitrogens with zero attached hydrogens (tertiary/aromatic N) is 1. The summed E-state index contributed by atoms with van der Waals surface area (Å²) in [5.74, 6) is 0.711. The Balaban J connectivity index is 1.78. The third kappa shape index (κ3) is 4.02. The first-order valence-electron chi connectivity index (χ1n) is 8.61. The van der Waals surface area contributed by atoms with Gasteiger partial charge < -0.3 is 14.4 Å². The van der Waals surface area contributed by atoms with E-state index in [4.69, 9.17) is 9.47 Å². The molecule has 0 aliphatic carbocycles. The second-order valence-corrected chi connectivity index (χ2v) is 7.08. The van der Waals surface area contributed by atoms with Gasteiger partial charge in [0.05, 0.1) is 25.4 Å².